The summed E-state index contributed by atoms with van der Waals surface area (Å²) in [4.78, 5) is 28.1. The fraction of sp³-hybridized carbons (Fsp3) is 0.172. The summed E-state index contributed by atoms with van der Waals surface area (Å²) in [5, 5.41) is 21.1. The van der Waals surface area contributed by atoms with Crippen LogP contribution in [0.5, 0.6) is 5.75 Å². The fourth-order valence-electron chi connectivity index (χ4n) is 4.26. The Labute approximate surface area is 249 Å². The number of amides is 1. The van der Waals surface area contributed by atoms with Crippen molar-refractivity contribution in [2.75, 3.05) is 11.5 Å². The first-order chi connectivity index (χ1) is 19.3. The summed E-state index contributed by atoms with van der Waals surface area (Å²) in [6.07, 6.45) is 0. The van der Waals surface area contributed by atoms with E-state index in [0.29, 0.717) is 43.6 Å². The van der Waals surface area contributed by atoms with E-state index in [1.54, 1.807) is 48.5 Å². The number of benzene rings is 3. The Balaban J connectivity index is 1.52. The Morgan fingerprint density at radius 1 is 1.05 bits per heavy atom. The van der Waals surface area contributed by atoms with Gasteiger partial charge in [-0.2, -0.15) is 0 Å². The highest BCUT2D eigenvalue weighted by Gasteiger charge is 2.48. The molecule has 1 atom stereocenters. The summed E-state index contributed by atoms with van der Waals surface area (Å²) < 4.78 is 6.15. The third kappa shape index (κ3) is 5.74. The van der Waals surface area contributed by atoms with Gasteiger partial charge in [0.15, 0.2) is 4.34 Å². The third-order valence-electron chi connectivity index (χ3n) is 6.24. The molecular formula is C29H23Cl2N3O4S2. The summed E-state index contributed by atoms with van der Waals surface area (Å²) in [5.41, 5.74) is 2.91. The van der Waals surface area contributed by atoms with Gasteiger partial charge < -0.3 is 9.84 Å². The normalized spacial score (nSPS) is 16.5. The topological polar surface area (TPSA) is 92.6 Å². The van der Waals surface area contributed by atoms with Crippen LogP contribution < -0.4 is 9.64 Å². The molecule has 2 heterocycles. The molecule has 0 saturated carbocycles. The van der Waals surface area contributed by atoms with Gasteiger partial charge in [0.1, 0.15) is 11.5 Å². The molecule has 0 bridgehead atoms. The van der Waals surface area contributed by atoms with E-state index in [0.717, 1.165) is 11.1 Å². The molecule has 1 N–H and O–H groups in total. The highest BCUT2D eigenvalue weighted by Crippen LogP contribution is 2.44. The van der Waals surface area contributed by atoms with Gasteiger partial charge in [0.05, 0.1) is 18.2 Å². The molecule has 1 saturated heterocycles. The van der Waals surface area contributed by atoms with Crippen molar-refractivity contribution in [3.63, 3.8) is 0 Å². The molecule has 1 aliphatic rings. The summed E-state index contributed by atoms with van der Waals surface area (Å²) in [6, 6.07) is 18.5. The lowest BCUT2D eigenvalue weighted by Gasteiger charge is -2.22. The van der Waals surface area contributed by atoms with Crippen LogP contribution in [0.25, 0.3) is 5.76 Å². The van der Waals surface area contributed by atoms with Crippen molar-refractivity contribution in [2.24, 2.45) is 0 Å². The molecule has 1 unspecified atom stereocenters. The van der Waals surface area contributed by atoms with E-state index in [1.165, 1.54) is 28.0 Å². The summed E-state index contributed by atoms with van der Waals surface area (Å²) in [5.74, 6) is -0.678. The van der Waals surface area contributed by atoms with Crippen molar-refractivity contribution in [2.45, 2.75) is 30.0 Å². The van der Waals surface area contributed by atoms with Gasteiger partial charge in [0.2, 0.25) is 5.13 Å². The number of aromatic nitrogens is 2. The molecule has 0 spiro atoms. The fourth-order valence-corrected chi connectivity index (χ4v) is 6.69. The van der Waals surface area contributed by atoms with E-state index in [2.05, 4.69) is 10.2 Å². The second-order valence-corrected chi connectivity index (χ2v) is 11.9. The number of halogens is 2. The molecule has 4 aromatic rings. The average Bonchev–Trinajstić information content (AvgIpc) is 3.51. The molecule has 0 aliphatic carbocycles. The van der Waals surface area contributed by atoms with Gasteiger partial charge >= 0.3 is 5.91 Å². The van der Waals surface area contributed by atoms with Crippen LogP contribution in [-0.4, -0.2) is 33.6 Å². The van der Waals surface area contributed by atoms with Crippen molar-refractivity contribution in [3.8, 4) is 5.75 Å². The Kier molecular flexibility index (Phi) is 8.46. The number of hydrogen-bond donors (Lipinski definition) is 1. The van der Waals surface area contributed by atoms with Crippen molar-refractivity contribution in [1.29, 1.82) is 0 Å². The zero-order valence-electron chi connectivity index (χ0n) is 21.4. The van der Waals surface area contributed by atoms with Gasteiger partial charge in [-0.3, -0.25) is 14.5 Å². The first-order valence-corrected chi connectivity index (χ1v) is 14.8. The number of aryl methyl sites for hydroxylation is 1. The van der Waals surface area contributed by atoms with Crippen molar-refractivity contribution in [1.82, 2.24) is 10.2 Å². The Bertz CT molecular complexity index is 1600. The zero-order chi connectivity index (χ0) is 28.4. The van der Waals surface area contributed by atoms with E-state index in [1.807, 2.05) is 32.0 Å². The minimum absolute atomic E-state index is 0.0182. The van der Waals surface area contributed by atoms with Crippen LogP contribution in [0, 0.1) is 6.92 Å². The number of Topliss-reactive ketones (excluding diaryl/α,β-unsaturated/α-hetero) is 1. The number of hydrogen-bond acceptors (Lipinski definition) is 8. The van der Waals surface area contributed by atoms with E-state index in [-0.39, 0.29) is 16.5 Å². The number of aliphatic hydroxyl groups is 1. The van der Waals surface area contributed by atoms with Crippen LogP contribution in [0.3, 0.4) is 0 Å². The lowest BCUT2D eigenvalue weighted by molar-refractivity contribution is -0.132. The maximum absolute atomic E-state index is 13.4. The molecule has 204 valence electrons. The SMILES string of the molecule is CCOc1ccc(C2/C(=C(/O)c3ccc(C)cc3)C(=O)C(=O)N2c2nnc(SCc3ccc(Cl)cc3Cl)s2)cc1. The first-order valence-electron chi connectivity index (χ1n) is 12.3. The number of thioether (sulfide) groups is 1. The Hall–Kier alpha value is -3.37. The maximum Gasteiger partial charge on any atom is 0.301 e. The molecule has 1 amide bonds. The second-order valence-electron chi connectivity index (χ2n) is 8.91. The molecule has 11 heteroatoms. The summed E-state index contributed by atoms with van der Waals surface area (Å²) >= 11 is 14.9. The summed E-state index contributed by atoms with van der Waals surface area (Å²) in [6.45, 7) is 4.31. The molecule has 40 heavy (non-hydrogen) atoms. The van der Waals surface area contributed by atoms with E-state index >= 15 is 0 Å². The average molecular weight is 613 g/mol. The van der Waals surface area contributed by atoms with Crippen molar-refractivity contribution < 1.29 is 19.4 Å². The van der Waals surface area contributed by atoms with Gasteiger partial charge in [-0.15, -0.1) is 10.2 Å². The number of anilines is 1. The number of ketones is 1. The van der Waals surface area contributed by atoms with E-state index < -0.39 is 17.7 Å². The smallest absolute Gasteiger partial charge is 0.301 e. The molecule has 1 aliphatic heterocycles. The molecule has 7 nitrogen and oxygen atoms in total. The maximum atomic E-state index is 13.4. The standard InChI is InChI=1S/C29H23Cl2N3O4S2/c1-3-38-21-12-9-17(10-13-21)24-23(25(35)18-6-4-16(2)5-7-18)26(36)27(37)34(24)28-32-33-29(40-28)39-15-19-8-11-20(30)14-22(19)31/h4-14,24,35H,3,15H2,1-2H3/b25-23-. The largest absolute Gasteiger partial charge is 0.507 e. The monoisotopic (exact) mass is 611 g/mol. The highest BCUT2D eigenvalue weighted by atomic mass is 35.5. The molecule has 0 radical (unpaired) electrons. The van der Waals surface area contributed by atoms with Crippen molar-refractivity contribution in [3.05, 3.63) is 105 Å². The summed E-state index contributed by atoms with van der Waals surface area (Å²) in [7, 11) is 0. The predicted molar refractivity (Wildman–Crippen MR) is 160 cm³/mol. The third-order valence-corrected chi connectivity index (χ3v) is 8.94. The van der Waals surface area contributed by atoms with Crippen LogP contribution in [0.2, 0.25) is 10.0 Å². The van der Waals surface area contributed by atoms with Crippen LogP contribution in [-0.2, 0) is 15.3 Å². The lowest BCUT2D eigenvalue weighted by atomic mass is 9.95. The first kappa shape index (κ1) is 28.2. The van der Waals surface area contributed by atoms with Gasteiger partial charge in [0, 0.05) is 21.4 Å². The number of aliphatic hydroxyl groups excluding tert-OH is 1. The van der Waals surface area contributed by atoms with E-state index in [4.69, 9.17) is 27.9 Å². The molecule has 1 fully saturated rings. The van der Waals surface area contributed by atoms with Gasteiger partial charge in [-0.25, -0.2) is 0 Å². The molecule has 3 aromatic carbocycles. The zero-order valence-corrected chi connectivity index (χ0v) is 24.6. The lowest BCUT2D eigenvalue weighted by Crippen LogP contribution is -2.29. The van der Waals surface area contributed by atoms with Gasteiger partial charge in [0.25, 0.3) is 5.78 Å². The minimum Gasteiger partial charge on any atom is -0.507 e. The quantitative estimate of drug-likeness (QED) is 0.0726. The van der Waals surface area contributed by atoms with Crippen LogP contribution >= 0.6 is 46.3 Å². The Morgan fingerprint density at radius 3 is 2.45 bits per heavy atom. The number of carbonyl (C=O) groups is 2. The minimum atomic E-state index is -0.909. The predicted octanol–water partition coefficient (Wildman–Crippen LogP) is 7.47. The van der Waals surface area contributed by atoms with E-state index in [9.17, 15) is 14.7 Å². The number of ether oxygens (including phenoxy) is 1. The number of nitrogens with zero attached hydrogens (tertiary/aromatic N) is 3. The number of rotatable bonds is 8. The van der Waals surface area contributed by atoms with Crippen LogP contribution in [0.15, 0.2) is 76.6 Å². The Morgan fingerprint density at radius 2 is 1.77 bits per heavy atom. The highest BCUT2D eigenvalue weighted by molar-refractivity contribution is 8.00. The van der Waals surface area contributed by atoms with Crippen molar-refractivity contribution >= 4 is 68.9 Å². The molecular weight excluding hydrogens is 589 g/mol. The van der Waals surface area contributed by atoms with Crippen LogP contribution in [0.1, 0.15) is 35.2 Å². The number of carbonyl (C=O) groups excluding carboxylic acids is 2. The van der Waals surface area contributed by atoms with Gasteiger partial charge in [-0.1, -0.05) is 94.3 Å². The van der Waals surface area contributed by atoms with Crippen LogP contribution in [0.4, 0.5) is 5.13 Å². The molecule has 1 aromatic heterocycles. The molecule has 5 rings (SSSR count). The van der Waals surface area contributed by atoms with Gasteiger partial charge in [-0.05, 0) is 49.2 Å². The second kappa shape index (κ2) is 12.0.